The number of nitrogens with one attached hydrogen (secondary N) is 1. The standard InChI is InChI=1S/C26H17NO6/c1-13-6-7-15(31-13)11-21-24(29)16-8-9-20-23(25(16)33-21)17(12-22(28)32-20)18-10-14-4-2-3-5-19(14)27-26(18)30/h2-11,17H,12H2,1H3,(H,27,30)/b21-11-/t17-/m0/s1. The summed E-state index contributed by atoms with van der Waals surface area (Å²) in [7, 11) is 0. The van der Waals surface area contributed by atoms with Crippen LogP contribution in [0.2, 0.25) is 0 Å². The van der Waals surface area contributed by atoms with E-state index < -0.39 is 11.9 Å². The highest BCUT2D eigenvalue weighted by Crippen LogP contribution is 2.48. The predicted octanol–water partition coefficient (Wildman–Crippen LogP) is 4.49. The SMILES string of the molecule is Cc1ccc(/C=C2\Oc3c(ccc4c3[C@H](c3cc5ccccc5[nH]c3=O)CC(=O)O4)C2=O)o1. The van der Waals surface area contributed by atoms with Crippen LogP contribution in [-0.2, 0) is 4.79 Å². The number of carbonyl (C=O) groups is 2. The van der Waals surface area contributed by atoms with E-state index >= 15 is 0 Å². The van der Waals surface area contributed by atoms with Crippen molar-refractivity contribution in [1.29, 1.82) is 0 Å². The summed E-state index contributed by atoms with van der Waals surface area (Å²) in [4.78, 5) is 41.3. The molecular weight excluding hydrogens is 422 g/mol. The van der Waals surface area contributed by atoms with Crippen LogP contribution >= 0.6 is 0 Å². The first-order valence-corrected chi connectivity index (χ1v) is 10.5. The van der Waals surface area contributed by atoms with Gasteiger partial charge in [-0.15, -0.1) is 0 Å². The number of furan rings is 1. The summed E-state index contributed by atoms with van der Waals surface area (Å²) in [6.45, 7) is 1.81. The van der Waals surface area contributed by atoms with Crippen LogP contribution in [0.1, 0.15) is 45.3 Å². The minimum atomic E-state index is -0.623. The van der Waals surface area contributed by atoms with Crippen molar-refractivity contribution in [2.24, 2.45) is 0 Å². The van der Waals surface area contributed by atoms with Crippen molar-refractivity contribution in [2.45, 2.75) is 19.3 Å². The third-order valence-corrected chi connectivity index (χ3v) is 5.97. The second kappa shape index (κ2) is 7.06. The number of carbonyl (C=O) groups excluding carboxylic acids is 2. The fraction of sp³-hybridized carbons (Fsp3) is 0.115. The van der Waals surface area contributed by atoms with Gasteiger partial charge in [0.05, 0.1) is 12.0 Å². The summed E-state index contributed by atoms with van der Waals surface area (Å²) in [5, 5.41) is 0.839. The third-order valence-electron chi connectivity index (χ3n) is 5.97. The Morgan fingerprint density at radius 3 is 2.67 bits per heavy atom. The Balaban J connectivity index is 1.52. The van der Waals surface area contributed by atoms with Gasteiger partial charge in [0.25, 0.3) is 5.56 Å². The van der Waals surface area contributed by atoms with E-state index in [1.165, 1.54) is 6.08 Å². The Bertz CT molecular complexity index is 1570. The second-order valence-electron chi connectivity index (χ2n) is 8.11. The maximum atomic E-state index is 13.0. The molecule has 2 aliphatic heterocycles. The number of fused-ring (bicyclic) bond motifs is 4. The number of aryl methyl sites for hydroxylation is 1. The van der Waals surface area contributed by atoms with Crippen molar-refractivity contribution >= 4 is 28.7 Å². The second-order valence-corrected chi connectivity index (χ2v) is 8.11. The van der Waals surface area contributed by atoms with Gasteiger partial charge in [-0.1, -0.05) is 18.2 Å². The molecule has 7 nitrogen and oxygen atoms in total. The lowest BCUT2D eigenvalue weighted by atomic mass is 9.85. The molecular formula is C26H17NO6. The lowest BCUT2D eigenvalue weighted by Gasteiger charge is -2.26. The molecule has 2 aromatic carbocycles. The molecule has 4 aromatic rings. The molecule has 2 aliphatic rings. The van der Waals surface area contributed by atoms with Gasteiger partial charge in [0, 0.05) is 28.6 Å². The molecule has 0 saturated heterocycles. The summed E-state index contributed by atoms with van der Waals surface area (Å²) in [5.41, 5.74) is 1.68. The molecule has 0 saturated carbocycles. The number of hydrogen-bond acceptors (Lipinski definition) is 6. The van der Waals surface area contributed by atoms with Gasteiger partial charge >= 0.3 is 5.97 Å². The first-order chi connectivity index (χ1) is 16.0. The van der Waals surface area contributed by atoms with Crippen LogP contribution in [0.5, 0.6) is 11.5 Å². The number of aromatic nitrogens is 1. The number of Topliss-reactive ketones (excluding diaryl/α,β-unsaturated/α-hetero) is 1. The summed E-state index contributed by atoms with van der Waals surface area (Å²) < 4.78 is 17.0. The molecule has 0 aliphatic carbocycles. The number of ether oxygens (including phenoxy) is 2. The molecule has 0 amide bonds. The van der Waals surface area contributed by atoms with E-state index in [0.29, 0.717) is 39.5 Å². The minimum Gasteiger partial charge on any atom is -0.462 e. The largest absolute Gasteiger partial charge is 0.462 e. The van der Waals surface area contributed by atoms with E-state index in [0.717, 1.165) is 5.39 Å². The quantitative estimate of drug-likeness (QED) is 0.281. The normalized spacial score (nSPS) is 18.2. The van der Waals surface area contributed by atoms with Crippen molar-refractivity contribution in [3.8, 4) is 11.5 Å². The molecule has 0 bridgehead atoms. The van der Waals surface area contributed by atoms with Crippen molar-refractivity contribution in [1.82, 2.24) is 4.98 Å². The van der Waals surface area contributed by atoms with E-state index in [-0.39, 0.29) is 29.3 Å². The molecule has 0 spiro atoms. The minimum absolute atomic E-state index is 0.0428. The third kappa shape index (κ3) is 3.09. The number of hydrogen-bond donors (Lipinski definition) is 1. The van der Waals surface area contributed by atoms with Crippen LogP contribution in [0.25, 0.3) is 17.0 Å². The number of benzene rings is 2. The molecule has 0 unspecified atom stereocenters. The van der Waals surface area contributed by atoms with Crippen LogP contribution in [0, 0.1) is 6.92 Å². The van der Waals surface area contributed by atoms with E-state index in [1.807, 2.05) is 31.2 Å². The Morgan fingerprint density at radius 1 is 1.00 bits per heavy atom. The number of rotatable bonds is 2. The first-order valence-electron chi connectivity index (χ1n) is 10.5. The maximum Gasteiger partial charge on any atom is 0.312 e. The highest BCUT2D eigenvalue weighted by atomic mass is 16.5. The zero-order chi connectivity index (χ0) is 22.7. The molecule has 6 rings (SSSR count). The number of para-hydroxylation sites is 1. The lowest BCUT2D eigenvalue weighted by Crippen LogP contribution is -2.26. The average molecular weight is 439 g/mol. The molecule has 162 valence electrons. The van der Waals surface area contributed by atoms with E-state index in [1.54, 1.807) is 30.3 Å². The molecule has 1 atom stereocenters. The van der Waals surface area contributed by atoms with Crippen LogP contribution < -0.4 is 15.0 Å². The zero-order valence-corrected chi connectivity index (χ0v) is 17.5. The van der Waals surface area contributed by atoms with Crippen LogP contribution in [0.15, 0.2) is 69.6 Å². The molecule has 2 aromatic heterocycles. The molecule has 33 heavy (non-hydrogen) atoms. The fourth-order valence-corrected chi connectivity index (χ4v) is 4.46. The van der Waals surface area contributed by atoms with E-state index in [4.69, 9.17) is 13.9 Å². The summed E-state index contributed by atoms with van der Waals surface area (Å²) >= 11 is 0. The van der Waals surface area contributed by atoms with Gasteiger partial charge in [0.2, 0.25) is 5.78 Å². The van der Waals surface area contributed by atoms with Crippen LogP contribution in [0.3, 0.4) is 0 Å². The van der Waals surface area contributed by atoms with E-state index in [2.05, 4.69) is 4.98 Å². The number of esters is 1. The average Bonchev–Trinajstić information content (AvgIpc) is 3.35. The Hall–Kier alpha value is -4.39. The van der Waals surface area contributed by atoms with Crippen molar-refractivity contribution in [3.63, 3.8) is 0 Å². The van der Waals surface area contributed by atoms with Gasteiger partial charge in [-0.3, -0.25) is 14.4 Å². The van der Waals surface area contributed by atoms with Gasteiger partial charge in [-0.05, 0) is 48.7 Å². The van der Waals surface area contributed by atoms with Crippen LogP contribution in [0.4, 0.5) is 0 Å². The van der Waals surface area contributed by atoms with Gasteiger partial charge in [-0.2, -0.15) is 0 Å². The first kappa shape index (κ1) is 19.3. The predicted molar refractivity (Wildman–Crippen MR) is 119 cm³/mol. The van der Waals surface area contributed by atoms with Gasteiger partial charge < -0.3 is 18.9 Å². The Morgan fingerprint density at radius 2 is 1.85 bits per heavy atom. The molecule has 7 heteroatoms. The smallest absolute Gasteiger partial charge is 0.312 e. The Kier molecular flexibility index (Phi) is 4.13. The number of pyridine rings is 1. The number of ketones is 1. The Labute approximate surface area is 187 Å². The highest BCUT2D eigenvalue weighted by Gasteiger charge is 2.39. The zero-order valence-electron chi connectivity index (χ0n) is 17.5. The number of aromatic amines is 1. The summed E-state index contributed by atoms with van der Waals surface area (Å²) in [6.07, 6.45) is 1.49. The van der Waals surface area contributed by atoms with Gasteiger partial charge in [0.1, 0.15) is 23.0 Å². The van der Waals surface area contributed by atoms with Gasteiger partial charge in [0.15, 0.2) is 5.76 Å². The monoisotopic (exact) mass is 439 g/mol. The van der Waals surface area contributed by atoms with E-state index in [9.17, 15) is 14.4 Å². The molecule has 1 N–H and O–H groups in total. The number of allylic oxidation sites excluding steroid dienone is 1. The van der Waals surface area contributed by atoms with Crippen LogP contribution in [-0.4, -0.2) is 16.7 Å². The number of H-pyrrole nitrogens is 1. The van der Waals surface area contributed by atoms with Crippen molar-refractivity contribution in [2.75, 3.05) is 0 Å². The van der Waals surface area contributed by atoms with Crippen molar-refractivity contribution < 1.29 is 23.5 Å². The highest BCUT2D eigenvalue weighted by molar-refractivity contribution is 6.15. The van der Waals surface area contributed by atoms with Gasteiger partial charge in [-0.25, -0.2) is 0 Å². The summed E-state index contributed by atoms with van der Waals surface area (Å²) in [5.74, 6) is 0.521. The van der Waals surface area contributed by atoms with Crippen molar-refractivity contribution in [3.05, 3.63) is 98.9 Å². The topological polar surface area (TPSA) is 98.6 Å². The molecule has 0 radical (unpaired) electrons. The molecule has 4 heterocycles. The summed E-state index contributed by atoms with van der Waals surface area (Å²) in [6, 6.07) is 15.9. The maximum absolute atomic E-state index is 13.0. The lowest BCUT2D eigenvalue weighted by molar-refractivity contribution is -0.135. The molecule has 0 fully saturated rings. The fourth-order valence-electron chi connectivity index (χ4n) is 4.46.